The van der Waals surface area contributed by atoms with Crippen molar-refractivity contribution < 1.29 is 27.9 Å². The molecule has 0 aliphatic rings. The van der Waals surface area contributed by atoms with Crippen molar-refractivity contribution in [2.75, 3.05) is 25.1 Å². The molecule has 1 unspecified atom stereocenters. The van der Waals surface area contributed by atoms with Gasteiger partial charge in [-0.2, -0.15) is 13.2 Å². The van der Waals surface area contributed by atoms with Gasteiger partial charge in [0, 0.05) is 43.1 Å². The summed E-state index contributed by atoms with van der Waals surface area (Å²) in [6, 6.07) is 9.29. The number of para-hydroxylation sites is 1. The van der Waals surface area contributed by atoms with Crippen molar-refractivity contribution >= 4 is 22.1 Å². The first kappa shape index (κ1) is 21.3. The molecule has 10 heteroatoms. The quantitative estimate of drug-likeness (QED) is 0.458. The highest BCUT2D eigenvalue weighted by atomic mass is 19.4. The SMILES string of the molecule is CN(CC(O)COc1ccccc1C(F)(F)F)c1ccc([N+](=O)[O-])c2cnccc12. The van der Waals surface area contributed by atoms with Crippen LogP contribution in [0.15, 0.2) is 54.9 Å². The second-order valence-corrected chi connectivity index (χ2v) is 6.62. The molecule has 3 aromatic rings. The highest BCUT2D eigenvalue weighted by Gasteiger charge is 2.34. The van der Waals surface area contributed by atoms with Gasteiger partial charge in [-0.1, -0.05) is 12.1 Å². The molecule has 0 saturated carbocycles. The third-order valence-corrected chi connectivity index (χ3v) is 4.49. The number of nitrogens with zero attached hydrogens (tertiary/aromatic N) is 3. The molecule has 1 atom stereocenters. The number of non-ortho nitro benzene ring substituents is 1. The fourth-order valence-electron chi connectivity index (χ4n) is 3.13. The van der Waals surface area contributed by atoms with Gasteiger partial charge in [0.25, 0.3) is 5.69 Å². The molecular formula is C20H18F3N3O4. The van der Waals surface area contributed by atoms with Crippen LogP contribution in [-0.4, -0.2) is 41.3 Å². The van der Waals surface area contributed by atoms with Crippen molar-refractivity contribution in [2.24, 2.45) is 0 Å². The molecule has 0 fully saturated rings. The lowest BCUT2D eigenvalue weighted by atomic mass is 10.1. The van der Waals surface area contributed by atoms with Crippen LogP contribution in [0.5, 0.6) is 5.75 Å². The monoisotopic (exact) mass is 421 g/mol. The van der Waals surface area contributed by atoms with Gasteiger partial charge in [-0.05, 0) is 24.3 Å². The molecule has 1 heterocycles. The fraction of sp³-hybridized carbons (Fsp3) is 0.250. The largest absolute Gasteiger partial charge is 0.490 e. The standard InChI is InChI=1S/C20H18F3N3O4/c1-25(17-6-7-18(26(28)29)15-10-24-9-8-14(15)17)11-13(27)12-30-19-5-3-2-4-16(19)20(21,22)23/h2-10,13,27H,11-12H2,1H3. The molecule has 0 spiro atoms. The minimum atomic E-state index is -4.57. The van der Waals surface area contributed by atoms with Crippen LogP contribution in [0.3, 0.4) is 0 Å². The Morgan fingerprint density at radius 2 is 1.93 bits per heavy atom. The van der Waals surface area contributed by atoms with E-state index in [9.17, 15) is 28.4 Å². The van der Waals surface area contributed by atoms with E-state index in [2.05, 4.69) is 4.98 Å². The van der Waals surface area contributed by atoms with Gasteiger partial charge in [0.05, 0.1) is 15.9 Å². The summed E-state index contributed by atoms with van der Waals surface area (Å²) < 4.78 is 44.3. The van der Waals surface area contributed by atoms with Crippen LogP contribution < -0.4 is 9.64 Å². The Kier molecular flexibility index (Phi) is 6.06. The van der Waals surface area contributed by atoms with E-state index in [4.69, 9.17) is 4.74 Å². The van der Waals surface area contributed by atoms with Crippen molar-refractivity contribution in [1.82, 2.24) is 4.98 Å². The molecule has 0 amide bonds. The summed E-state index contributed by atoms with van der Waals surface area (Å²) >= 11 is 0. The van der Waals surface area contributed by atoms with Gasteiger partial charge in [0.15, 0.2) is 0 Å². The van der Waals surface area contributed by atoms with Crippen LogP contribution in [0, 0.1) is 10.1 Å². The molecule has 0 radical (unpaired) electrons. The van der Waals surface area contributed by atoms with E-state index < -0.39 is 22.8 Å². The number of nitro benzene ring substituents is 1. The summed E-state index contributed by atoms with van der Waals surface area (Å²) in [6.07, 6.45) is -2.79. The van der Waals surface area contributed by atoms with Crippen molar-refractivity contribution in [3.8, 4) is 5.75 Å². The topological polar surface area (TPSA) is 88.7 Å². The van der Waals surface area contributed by atoms with Gasteiger partial charge in [0.2, 0.25) is 0 Å². The number of hydrogen-bond donors (Lipinski definition) is 1. The zero-order valence-corrected chi connectivity index (χ0v) is 15.8. The summed E-state index contributed by atoms with van der Waals surface area (Å²) in [5, 5.41) is 22.4. The van der Waals surface area contributed by atoms with Gasteiger partial charge < -0.3 is 14.7 Å². The molecular weight excluding hydrogens is 403 g/mol. The summed E-state index contributed by atoms with van der Waals surface area (Å²) in [5.74, 6) is -0.362. The zero-order chi connectivity index (χ0) is 21.9. The van der Waals surface area contributed by atoms with Gasteiger partial charge in [-0.15, -0.1) is 0 Å². The number of fused-ring (bicyclic) bond motifs is 1. The lowest BCUT2D eigenvalue weighted by Gasteiger charge is -2.24. The highest BCUT2D eigenvalue weighted by molar-refractivity contribution is 5.99. The molecule has 1 aromatic heterocycles. The molecule has 0 aliphatic carbocycles. The van der Waals surface area contributed by atoms with E-state index in [-0.39, 0.29) is 24.6 Å². The maximum absolute atomic E-state index is 13.0. The maximum atomic E-state index is 13.0. The van der Waals surface area contributed by atoms with E-state index >= 15 is 0 Å². The number of pyridine rings is 1. The highest BCUT2D eigenvalue weighted by Crippen LogP contribution is 2.36. The molecule has 0 saturated heterocycles. The first-order valence-corrected chi connectivity index (χ1v) is 8.88. The van der Waals surface area contributed by atoms with E-state index in [1.807, 2.05) is 0 Å². The summed E-state index contributed by atoms with van der Waals surface area (Å²) in [7, 11) is 1.66. The molecule has 1 N–H and O–H groups in total. The van der Waals surface area contributed by atoms with Crippen LogP contribution >= 0.6 is 0 Å². The molecule has 0 aliphatic heterocycles. The summed E-state index contributed by atoms with van der Waals surface area (Å²) in [6.45, 7) is -0.326. The fourth-order valence-corrected chi connectivity index (χ4v) is 3.13. The molecule has 7 nitrogen and oxygen atoms in total. The lowest BCUT2D eigenvalue weighted by Crippen LogP contribution is -2.33. The second kappa shape index (κ2) is 8.54. The number of halogens is 3. The van der Waals surface area contributed by atoms with Crippen molar-refractivity contribution in [2.45, 2.75) is 12.3 Å². The number of aromatic nitrogens is 1. The number of likely N-dealkylation sites (N-methyl/N-ethyl adjacent to an activating group) is 1. The van der Waals surface area contributed by atoms with Crippen LogP contribution in [-0.2, 0) is 6.18 Å². The second-order valence-electron chi connectivity index (χ2n) is 6.62. The summed E-state index contributed by atoms with van der Waals surface area (Å²) in [5.41, 5.74) is -0.407. The van der Waals surface area contributed by atoms with Crippen LogP contribution in [0.1, 0.15) is 5.56 Å². The number of aliphatic hydroxyl groups is 1. The third-order valence-electron chi connectivity index (χ3n) is 4.49. The van der Waals surface area contributed by atoms with E-state index in [0.29, 0.717) is 16.5 Å². The number of anilines is 1. The first-order valence-electron chi connectivity index (χ1n) is 8.88. The van der Waals surface area contributed by atoms with Crippen LogP contribution in [0.4, 0.5) is 24.5 Å². The molecule has 30 heavy (non-hydrogen) atoms. The molecule has 2 aromatic carbocycles. The average Bonchev–Trinajstić information content (AvgIpc) is 2.70. The molecule has 158 valence electrons. The number of ether oxygens (including phenoxy) is 1. The van der Waals surface area contributed by atoms with Gasteiger partial charge in [-0.25, -0.2) is 0 Å². The Balaban J connectivity index is 1.74. The minimum Gasteiger partial charge on any atom is -0.490 e. The lowest BCUT2D eigenvalue weighted by molar-refractivity contribution is -0.383. The molecule has 3 rings (SSSR count). The van der Waals surface area contributed by atoms with E-state index in [1.54, 1.807) is 24.1 Å². The van der Waals surface area contributed by atoms with Crippen LogP contribution in [0.2, 0.25) is 0 Å². The van der Waals surface area contributed by atoms with E-state index in [1.165, 1.54) is 36.7 Å². The zero-order valence-electron chi connectivity index (χ0n) is 15.8. The van der Waals surface area contributed by atoms with Gasteiger partial charge in [0.1, 0.15) is 18.5 Å². The van der Waals surface area contributed by atoms with Crippen molar-refractivity contribution in [1.29, 1.82) is 0 Å². The molecule has 0 bridgehead atoms. The summed E-state index contributed by atoms with van der Waals surface area (Å²) in [4.78, 5) is 16.3. The Labute approximate surface area is 169 Å². The average molecular weight is 421 g/mol. The number of aliphatic hydroxyl groups excluding tert-OH is 1. The number of nitro groups is 1. The predicted octanol–water partition coefficient (Wildman–Crippen LogP) is 4.04. The Bertz CT molecular complexity index is 1060. The Morgan fingerprint density at radius 1 is 1.20 bits per heavy atom. The smallest absolute Gasteiger partial charge is 0.419 e. The van der Waals surface area contributed by atoms with Crippen LogP contribution in [0.25, 0.3) is 10.8 Å². The van der Waals surface area contributed by atoms with Crippen molar-refractivity contribution in [3.63, 3.8) is 0 Å². The van der Waals surface area contributed by atoms with Crippen molar-refractivity contribution in [3.05, 3.63) is 70.5 Å². The van der Waals surface area contributed by atoms with Gasteiger partial charge >= 0.3 is 6.18 Å². The number of hydrogen-bond acceptors (Lipinski definition) is 6. The predicted molar refractivity (Wildman–Crippen MR) is 105 cm³/mol. The maximum Gasteiger partial charge on any atom is 0.419 e. The normalized spacial score (nSPS) is 12.6. The van der Waals surface area contributed by atoms with E-state index in [0.717, 1.165) is 6.07 Å². The third kappa shape index (κ3) is 4.60. The number of alkyl halides is 3. The van der Waals surface area contributed by atoms with Gasteiger partial charge in [-0.3, -0.25) is 15.1 Å². The number of rotatable bonds is 7. The Morgan fingerprint density at radius 3 is 2.63 bits per heavy atom. The first-order chi connectivity index (χ1) is 14.2. The minimum absolute atomic E-state index is 0.0312. The Hall–Kier alpha value is -3.40. The number of benzene rings is 2.